The summed E-state index contributed by atoms with van der Waals surface area (Å²) in [5, 5.41) is 3.50. The summed E-state index contributed by atoms with van der Waals surface area (Å²) >= 11 is 0. The van der Waals surface area contributed by atoms with Gasteiger partial charge in [-0.25, -0.2) is 9.59 Å². The molecular weight excluding hydrogens is 446 g/mol. The average Bonchev–Trinajstić information content (AvgIpc) is 2.82. The highest BCUT2D eigenvalue weighted by Gasteiger charge is 2.21. The summed E-state index contributed by atoms with van der Waals surface area (Å²) in [6.45, 7) is 5.94. The van der Waals surface area contributed by atoms with Crippen molar-refractivity contribution in [2.45, 2.75) is 64.3 Å². The normalized spacial score (nSPS) is 14.5. The van der Waals surface area contributed by atoms with Gasteiger partial charge in [-0.3, -0.25) is 4.79 Å². The highest BCUT2D eigenvalue weighted by atomic mass is 16.6. The summed E-state index contributed by atoms with van der Waals surface area (Å²) in [4.78, 5) is 37.5. The first-order chi connectivity index (χ1) is 16.7. The van der Waals surface area contributed by atoms with Crippen LogP contribution in [0.15, 0.2) is 57.7 Å². The molecule has 0 atom stereocenters. The zero-order valence-corrected chi connectivity index (χ0v) is 20.4. The van der Waals surface area contributed by atoms with Gasteiger partial charge in [0.1, 0.15) is 22.6 Å². The van der Waals surface area contributed by atoms with Crippen molar-refractivity contribution < 1.29 is 23.5 Å². The second-order valence-electron chi connectivity index (χ2n) is 9.96. The third-order valence-electron chi connectivity index (χ3n) is 6.16. The number of hydrogen-bond donors (Lipinski definition) is 1. The van der Waals surface area contributed by atoms with Crippen LogP contribution in [0, 0.1) is 0 Å². The molecule has 1 amide bonds. The quantitative estimate of drug-likeness (QED) is 0.300. The van der Waals surface area contributed by atoms with E-state index in [9.17, 15) is 14.4 Å². The lowest BCUT2D eigenvalue weighted by atomic mass is 9.86. The van der Waals surface area contributed by atoms with Crippen molar-refractivity contribution in [3.8, 4) is 11.5 Å². The van der Waals surface area contributed by atoms with Crippen molar-refractivity contribution in [1.82, 2.24) is 5.32 Å². The lowest BCUT2D eigenvalue weighted by Crippen LogP contribution is -2.38. The number of ether oxygens (including phenoxy) is 2. The van der Waals surface area contributed by atoms with Gasteiger partial charge in [0.05, 0.1) is 0 Å². The fourth-order valence-corrected chi connectivity index (χ4v) is 4.33. The number of para-hydroxylation sites is 1. The first-order valence-corrected chi connectivity index (χ1v) is 12.0. The van der Waals surface area contributed by atoms with E-state index < -0.39 is 17.5 Å². The highest BCUT2D eigenvalue weighted by molar-refractivity contribution is 5.97. The fourth-order valence-electron chi connectivity index (χ4n) is 4.33. The molecule has 2 aromatic carbocycles. The Bertz CT molecular complexity index is 1280. The van der Waals surface area contributed by atoms with E-state index >= 15 is 0 Å². The molecule has 3 aromatic rings. The van der Waals surface area contributed by atoms with E-state index in [0.717, 1.165) is 31.2 Å². The molecule has 0 saturated heterocycles. The number of carbonyl (C=O) groups excluding carboxylic acids is 2. The van der Waals surface area contributed by atoms with E-state index in [0.29, 0.717) is 11.1 Å². The molecule has 7 heteroatoms. The Morgan fingerprint density at radius 3 is 2.51 bits per heavy atom. The molecule has 4 rings (SSSR count). The summed E-state index contributed by atoms with van der Waals surface area (Å²) in [5.74, 6) is -0.159. The number of esters is 1. The number of benzene rings is 2. The molecule has 0 unspecified atom stereocenters. The van der Waals surface area contributed by atoms with Gasteiger partial charge in [0, 0.05) is 17.5 Å². The smallest absolute Gasteiger partial charge is 0.349 e. The first kappa shape index (κ1) is 24.5. The molecule has 1 N–H and O–H groups in total. The standard InChI is InChI=1S/C28H31NO6/c1-28(2,3)22-11-7-8-12-23(22)33-17-25(30)34-20-14-13-18-15-21(27(32)35-24(18)16-20)26(31)29-19-9-5-4-6-10-19/h7-8,11-16,19H,4-6,9-10,17H2,1-3H3,(H,29,31). The SMILES string of the molecule is CC(C)(C)c1ccccc1OCC(=O)Oc1ccc2cc(C(=O)NC3CCCCC3)c(=O)oc2c1. The number of hydrogen-bond acceptors (Lipinski definition) is 6. The van der Waals surface area contributed by atoms with Crippen molar-refractivity contribution in [3.05, 3.63) is 70.1 Å². The van der Waals surface area contributed by atoms with Gasteiger partial charge in [-0.15, -0.1) is 0 Å². The van der Waals surface area contributed by atoms with Crippen LogP contribution < -0.4 is 20.4 Å². The first-order valence-electron chi connectivity index (χ1n) is 12.0. The third kappa shape index (κ3) is 6.10. The molecule has 1 heterocycles. The fraction of sp³-hybridized carbons (Fsp3) is 0.393. The lowest BCUT2D eigenvalue weighted by molar-refractivity contribution is -0.136. The van der Waals surface area contributed by atoms with Crippen LogP contribution in [0.5, 0.6) is 11.5 Å². The van der Waals surface area contributed by atoms with Gasteiger partial charge < -0.3 is 19.2 Å². The van der Waals surface area contributed by atoms with E-state index in [2.05, 4.69) is 26.1 Å². The van der Waals surface area contributed by atoms with Crippen molar-refractivity contribution in [2.24, 2.45) is 0 Å². The number of fused-ring (bicyclic) bond motifs is 1. The molecule has 0 spiro atoms. The Labute approximate surface area is 204 Å². The molecule has 1 aliphatic rings. The monoisotopic (exact) mass is 477 g/mol. The second kappa shape index (κ2) is 10.3. The van der Waals surface area contributed by atoms with E-state index in [4.69, 9.17) is 13.9 Å². The Kier molecular flexibility index (Phi) is 7.24. The van der Waals surface area contributed by atoms with Crippen molar-refractivity contribution >= 4 is 22.8 Å². The Balaban J connectivity index is 1.42. The van der Waals surface area contributed by atoms with Crippen molar-refractivity contribution in [3.63, 3.8) is 0 Å². The maximum absolute atomic E-state index is 12.6. The van der Waals surface area contributed by atoms with Crippen LogP contribution in [-0.2, 0) is 10.2 Å². The van der Waals surface area contributed by atoms with Crippen LogP contribution in [0.3, 0.4) is 0 Å². The summed E-state index contributed by atoms with van der Waals surface area (Å²) < 4.78 is 16.5. The van der Waals surface area contributed by atoms with Crippen LogP contribution >= 0.6 is 0 Å². The van der Waals surface area contributed by atoms with E-state index in [1.165, 1.54) is 18.6 Å². The molecule has 1 aromatic heterocycles. The van der Waals surface area contributed by atoms with Gasteiger partial charge in [-0.2, -0.15) is 0 Å². The lowest BCUT2D eigenvalue weighted by Gasteiger charge is -2.22. The average molecular weight is 478 g/mol. The topological polar surface area (TPSA) is 94.8 Å². The summed E-state index contributed by atoms with van der Waals surface area (Å²) in [6, 6.07) is 13.9. The number of carbonyl (C=O) groups is 2. The molecule has 0 aliphatic heterocycles. The van der Waals surface area contributed by atoms with Crippen molar-refractivity contribution in [2.75, 3.05) is 6.61 Å². The van der Waals surface area contributed by atoms with Crippen molar-refractivity contribution in [1.29, 1.82) is 0 Å². The third-order valence-corrected chi connectivity index (χ3v) is 6.16. The molecule has 35 heavy (non-hydrogen) atoms. The summed E-state index contributed by atoms with van der Waals surface area (Å²) in [6.07, 6.45) is 5.17. The minimum absolute atomic E-state index is 0.0290. The highest BCUT2D eigenvalue weighted by Crippen LogP contribution is 2.31. The van der Waals surface area contributed by atoms with Gasteiger partial charge >= 0.3 is 11.6 Å². The van der Waals surface area contributed by atoms with Crippen LogP contribution in [0.25, 0.3) is 11.0 Å². The molecular formula is C28H31NO6. The van der Waals surface area contributed by atoms with Gasteiger partial charge in [-0.05, 0) is 48.1 Å². The summed E-state index contributed by atoms with van der Waals surface area (Å²) in [5.41, 5.74) is 0.329. The molecule has 1 saturated carbocycles. The zero-order chi connectivity index (χ0) is 25.0. The predicted molar refractivity (Wildman–Crippen MR) is 133 cm³/mol. The Hall–Kier alpha value is -3.61. The Morgan fingerprint density at radius 2 is 1.77 bits per heavy atom. The van der Waals surface area contributed by atoms with Gasteiger partial charge in [0.2, 0.25) is 0 Å². The Morgan fingerprint density at radius 1 is 1.03 bits per heavy atom. The van der Waals surface area contributed by atoms with Crippen LogP contribution in [0.2, 0.25) is 0 Å². The van der Waals surface area contributed by atoms with Crippen LogP contribution in [-0.4, -0.2) is 24.5 Å². The van der Waals surface area contributed by atoms with E-state index in [-0.39, 0.29) is 35.0 Å². The van der Waals surface area contributed by atoms with Crippen LogP contribution in [0.4, 0.5) is 0 Å². The molecule has 0 radical (unpaired) electrons. The van der Waals surface area contributed by atoms with E-state index in [1.54, 1.807) is 12.1 Å². The van der Waals surface area contributed by atoms with E-state index in [1.807, 2.05) is 24.3 Å². The van der Waals surface area contributed by atoms with Gasteiger partial charge in [-0.1, -0.05) is 58.2 Å². The predicted octanol–water partition coefficient (Wildman–Crippen LogP) is 5.14. The molecule has 1 fully saturated rings. The number of amides is 1. The summed E-state index contributed by atoms with van der Waals surface area (Å²) in [7, 11) is 0. The molecule has 184 valence electrons. The molecule has 7 nitrogen and oxygen atoms in total. The number of nitrogens with one attached hydrogen (secondary N) is 1. The maximum atomic E-state index is 12.6. The molecule has 1 aliphatic carbocycles. The maximum Gasteiger partial charge on any atom is 0.349 e. The van der Waals surface area contributed by atoms with Gasteiger partial charge in [0.25, 0.3) is 5.91 Å². The zero-order valence-electron chi connectivity index (χ0n) is 20.4. The van der Waals surface area contributed by atoms with Gasteiger partial charge in [0.15, 0.2) is 6.61 Å². The minimum atomic E-state index is -0.726. The minimum Gasteiger partial charge on any atom is -0.482 e. The number of rotatable bonds is 6. The molecule has 0 bridgehead atoms. The second-order valence-corrected chi connectivity index (χ2v) is 9.96. The largest absolute Gasteiger partial charge is 0.482 e. The van der Waals surface area contributed by atoms with Crippen LogP contribution in [0.1, 0.15) is 68.8 Å².